The van der Waals surface area contributed by atoms with Gasteiger partial charge in [0.1, 0.15) is 11.6 Å². The molecule has 0 atom stereocenters. The van der Waals surface area contributed by atoms with Gasteiger partial charge in [0.05, 0.1) is 16.6 Å². The van der Waals surface area contributed by atoms with Crippen LogP contribution in [0, 0.1) is 6.07 Å². The first-order valence-electron chi connectivity index (χ1n) is 11.4. The molecule has 0 aliphatic rings. The first-order chi connectivity index (χ1) is 17.2. The number of aromatic nitrogens is 3. The maximum Gasteiger partial charge on any atom is 0.144 e. The van der Waals surface area contributed by atoms with Crippen molar-refractivity contribution in [1.29, 1.82) is 0 Å². The molecule has 2 aromatic heterocycles. The Bertz CT molecular complexity index is 1510. The quantitative estimate of drug-likeness (QED) is 0.208. The molecule has 0 spiro atoms. The molecular weight excluding hydrogens is 623 g/mol. The van der Waals surface area contributed by atoms with Gasteiger partial charge < -0.3 is 14.7 Å². The largest absolute Gasteiger partial charge is 0.507 e. The molecule has 0 saturated carbocycles. The van der Waals surface area contributed by atoms with Crippen LogP contribution in [-0.2, 0) is 27.2 Å². The van der Waals surface area contributed by atoms with Gasteiger partial charge in [-0.05, 0) is 47.2 Å². The first-order valence-corrected chi connectivity index (χ1v) is 11.4. The normalized spacial score (nSPS) is 10.2. The smallest absolute Gasteiger partial charge is 0.144 e. The third-order valence-corrected chi connectivity index (χ3v) is 5.78. The van der Waals surface area contributed by atoms with Crippen LogP contribution in [0.2, 0.25) is 0 Å². The molecule has 4 nitrogen and oxygen atoms in total. The molecule has 0 fully saturated rings. The number of phenolic OH excluding ortho intramolecular Hbond substituents is 1. The minimum atomic E-state index is 0. The van der Waals surface area contributed by atoms with Gasteiger partial charge in [0.25, 0.3) is 0 Å². The van der Waals surface area contributed by atoms with Gasteiger partial charge in [0, 0.05) is 33.3 Å². The number of hydrogen-bond donors (Lipinski definition) is 1. The summed E-state index contributed by atoms with van der Waals surface area (Å²) in [5.41, 5.74) is 7.12. The van der Waals surface area contributed by atoms with Gasteiger partial charge in [0.2, 0.25) is 0 Å². The molecule has 0 aliphatic carbocycles. The maximum atomic E-state index is 9.86. The number of aryl methyl sites for hydroxylation is 1. The van der Waals surface area contributed by atoms with Gasteiger partial charge in [0.15, 0.2) is 0 Å². The van der Waals surface area contributed by atoms with E-state index < -0.39 is 0 Å². The molecular formula is C31H24IrN3O-. The fourth-order valence-electron chi connectivity index (χ4n) is 3.99. The van der Waals surface area contributed by atoms with Crippen molar-refractivity contribution in [2.75, 3.05) is 0 Å². The Morgan fingerprint density at radius 3 is 2.22 bits per heavy atom. The predicted octanol–water partition coefficient (Wildman–Crippen LogP) is 7.16. The molecule has 0 amide bonds. The average molecular weight is 647 g/mol. The summed E-state index contributed by atoms with van der Waals surface area (Å²) in [6, 6.07) is 40.7. The third kappa shape index (κ3) is 5.44. The van der Waals surface area contributed by atoms with Gasteiger partial charge in [-0.15, -0.1) is 35.9 Å². The average Bonchev–Trinajstić information content (AvgIpc) is 3.26. The summed E-state index contributed by atoms with van der Waals surface area (Å²) < 4.78 is 1.99. The van der Waals surface area contributed by atoms with Crippen molar-refractivity contribution in [2.45, 2.75) is 0 Å². The van der Waals surface area contributed by atoms with Crippen LogP contribution in [-0.4, -0.2) is 19.6 Å². The van der Waals surface area contributed by atoms with Crippen LogP contribution in [0.3, 0.4) is 0 Å². The van der Waals surface area contributed by atoms with Crippen LogP contribution >= 0.6 is 0 Å². The van der Waals surface area contributed by atoms with E-state index in [-0.39, 0.29) is 25.9 Å². The molecule has 179 valence electrons. The number of phenols is 1. The Kier molecular flexibility index (Phi) is 8.06. The second-order valence-electron chi connectivity index (χ2n) is 8.07. The number of benzene rings is 4. The van der Waals surface area contributed by atoms with E-state index in [4.69, 9.17) is 0 Å². The number of imidazole rings is 1. The number of fused-ring (bicyclic) bond motifs is 1. The standard InChI is InChI=1S/C17H12N.C14H12N2O.Ir/c1-3-7-14(8-4-1)16-11-12-18-17(13-16)15-9-5-2-6-10-15;1-16-12-8-4-3-7-11(12)15-14(16)10-6-2-5-9-13(10)17;/h1-9,11-13H;2-9,17H,1H3;/q-1;;. The topological polar surface area (TPSA) is 50.9 Å². The summed E-state index contributed by atoms with van der Waals surface area (Å²) in [6.45, 7) is 0. The number of rotatable bonds is 3. The Balaban J connectivity index is 0.000000165. The third-order valence-electron chi connectivity index (χ3n) is 5.78. The molecule has 6 aromatic rings. The Hall–Kier alpha value is -4.05. The number of pyridine rings is 1. The van der Waals surface area contributed by atoms with Crippen LogP contribution in [0.25, 0.3) is 44.8 Å². The molecule has 36 heavy (non-hydrogen) atoms. The molecule has 1 N–H and O–H groups in total. The molecule has 6 rings (SSSR count). The van der Waals surface area contributed by atoms with Crippen LogP contribution in [0.5, 0.6) is 5.75 Å². The first kappa shape index (κ1) is 25.1. The number of nitrogens with zero attached hydrogens (tertiary/aromatic N) is 3. The van der Waals surface area contributed by atoms with Crippen molar-refractivity contribution in [3.63, 3.8) is 0 Å². The molecule has 0 bridgehead atoms. The van der Waals surface area contributed by atoms with Gasteiger partial charge >= 0.3 is 0 Å². The van der Waals surface area contributed by atoms with Gasteiger partial charge in [-0.25, -0.2) is 4.98 Å². The zero-order valence-electron chi connectivity index (χ0n) is 19.7. The van der Waals surface area contributed by atoms with E-state index in [2.05, 4.69) is 34.2 Å². The van der Waals surface area contributed by atoms with E-state index in [9.17, 15) is 5.11 Å². The van der Waals surface area contributed by atoms with Crippen LogP contribution < -0.4 is 0 Å². The molecule has 2 heterocycles. The number of para-hydroxylation sites is 3. The van der Waals surface area contributed by atoms with Crippen molar-refractivity contribution in [3.8, 4) is 39.5 Å². The van der Waals surface area contributed by atoms with Crippen LogP contribution in [0.15, 0.2) is 121 Å². The molecule has 0 aliphatic heterocycles. The van der Waals surface area contributed by atoms with E-state index in [0.29, 0.717) is 0 Å². The zero-order chi connectivity index (χ0) is 24.0. The summed E-state index contributed by atoms with van der Waals surface area (Å²) >= 11 is 0. The van der Waals surface area contributed by atoms with Crippen molar-refractivity contribution < 1.29 is 25.2 Å². The van der Waals surface area contributed by atoms with E-state index in [1.807, 2.05) is 109 Å². The number of hydrogen-bond acceptors (Lipinski definition) is 3. The predicted molar refractivity (Wildman–Crippen MR) is 142 cm³/mol. The molecule has 1 radical (unpaired) electrons. The molecule has 0 unspecified atom stereocenters. The van der Waals surface area contributed by atoms with Crippen molar-refractivity contribution in [1.82, 2.24) is 14.5 Å². The minimum absolute atomic E-state index is 0. The number of aromatic hydroxyl groups is 1. The molecule has 4 aromatic carbocycles. The second-order valence-corrected chi connectivity index (χ2v) is 8.07. The van der Waals surface area contributed by atoms with Crippen molar-refractivity contribution in [3.05, 3.63) is 128 Å². The summed E-state index contributed by atoms with van der Waals surface area (Å²) in [5.74, 6) is 1.04. The van der Waals surface area contributed by atoms with E-state index in [0.717, 1.165) is 33.7 Å². The summed E-state index contributed by atoms with van der Waals surface area (Å²) in [5, 5.41) is 9.86. The van der Waals surface area contributed by atoms with Crippen LogP contribution in [0.4, 0.5) is 0 Å². The fourth-order valence-corrected chi connectivity index (χ4v) is 3.99. The monoisotopic (exact) mass is 647 g/mol. The Labute approximate surface area is 224 Å². The van der Waals surface area contributed by atoms with Gasteiger partial charge in [-0.3, -0.25) is 0 Å². The molecule has 0 saturated heterocycles. The Morgan fingerprint density at radius 2 is 1.47 bits per heavy atom. The van der Waals surface area contributed by atoms with Crippen molar-refractivity contribution in [2.24, 2.45) is 7.05 Å². The van der Waals surface area contributed by atoms with Gasteiger partial charge in [-0.2, -0.15) is 0 Å². The zero-order valence-corrected chi connectivity index (χ0v) is 22.1. The van der Waals surface area contributed by atoms with Gasteiger partial charge in [-0.1, -0.05) is 60.7 Å². The van der Waals surface area contributed by atoms with Crippen LogP contribution in [0.1, 0.15) is 0 Å². The summed E-state index contributed by atoms with van der Waals surface area (Å²) in [7, 11) is 1.96. The Morgan fingerprint density at radius 1 is 0.750 bits per heavy atom. The maximum absolute atomic E-state index is 9.86. The SMILES string of the molecule is Cn1c(-c2ccccc2O)nc2ccccc21.[Ir].[c-]1ccccc1-c1cc(-c2ccccc2)ccn1. The van der Waals surface area contributed by atoms with E-state index in [1.165, 1.54) is 11.1 Å². The summed E-state index contributed by atoms with van der Waals surface area (Å²) in [4.78, 5) is 8.95. The van der Waals surface area contributed by atoms with Crippen molar-refractivity contribution >= 4 is 11.0 Å². The molecule has 5 heteroatoms. The van der Waals surface area contributed by atoms with E-state index >= 15 is 0 Å². The summed E-state index contributed by atoms with van der Waals surface area (Å²) in [6.07, 6.45) is 1.85. The fraction of sp³-hybridized carbons (Fsp3) is 0.0323. The minimum Gasteiger partial charge on any atom is -0.507 e. The van der Waals surface area contributed by atoms with E-state index in [1.54, 1.807) is 6.07 Å². The second kappa shape index (κ2) is 11.6.